The van der Waals surface area contributed by atoms with Gasteiger partial charge in [0, 0.05) is 12.2 Å². The molecule has 28 heavy (non-hydrogen) atoms. The van der Waals surface area contributed by atoms with Crippen LogP contribution in [0.1, 0.15) is 42.9 Å². The van der Waals surface area contributed by atoms with Crippen molar-refractivity contribution in [1.29, 1.82) is 0 Å². The molecule has 4 nitrogen and oxygen atoms in total. The topological polar surface area (TPSA) is 60.8 Å². The predicted octanol–water partition coefficient (Wildman–Crippen LogP) is 4.23. The zero-order valence-corrected chi connectivity index (χ0v) is 15.5. The van der Waals surface area contributed by atoms with Crippen LogP contribution in [0.25, 0.3) is 0 Å². The number of carbonyl (C=O) groups excluding carboxylic acids is 1. The second-order valence-electron chi connectivity index (χ2n) is 6.97. The van der Waals surface area contributed by atoms with Crippen molar-refractivity contribution in [2.45, 2.75) is 37.8 Å². The van der Waals surface area contributed by atoms with E-state index in [0.717, 1.165) is 31.4 Å². The molecule has 0 saturated heterocycles. The molecule has 7 heteroatoms. The molecule has 1 aliphatic rings. The number of nitrogens with zero attached hydrogens (tertiary/aromatic N) is 1. The van der Waals surface area contributed by atoms with E-state index in [9.17, 15) is 28.2 Å². The van der Waals surface area contributed by atoms with Crippen LogP contribution in [0.3, 0.4) is 0 Å². The lowest BCUT2D eigenvalue weighted by Gasteiger charge is -2.28. The Balaban J connectivity index is 2.16. The first-order valence-corrected chi connectivity index (χ1v) is 9.20. The second-order valence-corrected chi connectivity index (χ2v) is 6.97. The summed E-state index contributed by atoms with van der Waals surface area (Å²) >= 11 is 0. The summed E-state index contributed by atoms with van der Waals surface area (Å²) in [6, 6.07) is 9.79. The van der Waals surface area contributed by atoms with Gasteiger partial charge >= 0.3 is 6.18 Å². The molecule has 0 fully saturated rings. The van der Waals surface area contributed by atoms with Crippen molar-refractivity contribution >= 4 is 11.6 Å². The number of benzene rings is 2. The highest BCUT2D eigenvalue weighted by molar-refractivity contribution is 6.10. The van der Waals surface area contributed by atoms with E-state index in [1.54, 1.807) is 29.2 Å². The number of unbranched alkanes of at least 4 members (excludes halogenated alkanes) is 2. The van der Waals surface area contributed by atoms with Gasteiger partial charge in [-0.15, -0.1) is 0 Å². The molecule has 0 aromatic heterocycles. The Morgan fingerprint density at radius 2 is 1.82 bits per heavy atom. The zero-order valence-electron chi connectivity index (χ0n) is 15.5. The molecule has 1 atom stereocenters. The number of hydrogen-bond donors (Lipinski definition) is 2. The number of para-hydroxylation sites is 1. The highest BCUT2D eigenvalue weighted by atomic mass is 19.4. The molecular weight excluding hydrogens is 371 g/mol. The van der Waals surface area contributed by atoms with E-state index in [4.69, 9.17) is 0 Å². The summed E-state index contributed by atoms with van der Waals surface area (Å²) in [4.78, 5) is 14.9. The fraction of sp³-hybridized carbons (Fsp3) is 0.381. The van der Waals surface area contributed by atoms with E-state index in [0.29, 0.717) is 17.8 Å². The maximum absolute atomic E-state index is 13.4. The van der Waals surface area contributed by atoms with Gasteiger partial charge in [-0.25, -0.2) is 0 Å². The maximum Gasteiger partial charge on any atom is 0.419 e. The molecule has 2 aromatic rings. The third-order valence-corrected chi connectivity index (χ3v) is 5.28. The Morgan fingerprint density at radius 1 is 1.11 bits per heavy atom. The van der Waals surface area contributed by atoms with Crippen LogP contribution in [0.5, 0.6) is 5.75 Å². The molecule has 2 N–H and O–H groups in total. The number of aromatic hydroxyl groups is 1. The normalized spacial score (nSPS) is 19.2. The summed E-state index contributed by atoms with van der Waals surface area (Å²) in [6.45, 7) is 1.79. The molecule has 0 saturated carbocycles. The summed E-state index contributed by atoms with van der Waals surface area (Å²) < 4.78 is 39.9. The standard InChI is InChI=1S/C21H22F3NO3/c1-2-3-6-11-25-17-8-5-4-7-15(17)20(13-26,19(25)28)14-9-10-18(27)16(12-14)21(22,23)24/h4-5,7-10,12,26-27H,2-3,6,11,13H2,1H3. The van der Waals surface area contributed by atoms with E-state index in [-0.39, 0.29) is 5.56 Å². The molecule has 1 heterocycles. The number of alkyl halides is 3. The van der Waals surface area contributed by atoms with Crippen molar-refractivity contribution in [2.75, 3.05) is 18.1 Å². The number of rotatable bonds is 6. The molecule has 0 bridgehead atoms. The first-order chi connectivity index (χ1) is 13.3. The molecule has 0 aliphatic carbocycles. The SMILES string of the molecule is CCCCCN1C(=O)C(CO)(c2ccc(O)c(C(F)(F)F)c2)c2ccccc21. The van der Waals surface area contributed by atoms with Crippen LogP contribution in [0.2, 0.25) is 0 Å². The van der Waals surface area contributed by atoms with Crippen LogP contribution in [-0.4, -0.2) is 29.3 Å². The van der Waals surface area contributed by atoms with E-state index < -0.39 is 35.4 Å². The van der Waals surface area contributed by atoms with Gasteiger partial charge in [-0.2, -0.15) is 13.2 Å². The van der Waals surface area contributed by atoms with Gasteiger partial charge in [-0.1, -0.05) is 44.0 Å². The van der Waals surface area contributed by atoms with Gasteiger partial charge in [0.05, 0.1) is 12.2 Å². The Hall–Kier alpha value is -2.54. The fourth-order valence-corrected chi connectivity index (χ4v) is 3.82. The van der Waals surface area contributed by atoms with Crippen molar-refractivity contribution in [3.8, 4) is 5.75 Å². The van der Waals surface area contributed by atoms with Gasteiger partial charge in [0.1, 0.15) is 11.2 Å². The summed E-state index contributed by atoms with van der Waals surface area (Å²) in [7, 11) is 0. The highest BCUT2D eigenvalue weighted by Gasteiger charge is 2.52. The van der Waals surface area contributed by atoms with Crippen LogP contribution in [0.4, 0.5) is 18.9 Å². The number of hydrogen-bond acceptors (Lipinski definition) is 3. The molecule has 1 aliphatic heterocycles. The van der Waals surface area contributed by atoms with Crippen LogP contribution in [0.15, 0.2) is 42.5 Å². The van der Waals surface area contributed by atoms with E-state index in [1.807, 2.05) is 6.92 Å². The third kappa shape index (κ3) is 3.13. The smallest absolute Gasteiger partial charge is 0.419 e. The molecule has 3 rings (SSSR count). The zero-order chi connectivity index (χ0) is 20.5. The Morgan fingerprint density at radius 3 is 2.46 bits per heavy atom. The predicted molar refractivity (Wildman–Crippen MR) is 99.3 cm³/mol. The number of phenols is 1. The van der Waals surface area contributed by atoms with Crippen molar-refractivity contribution in [3.63, 3.8) is 0 Å². The fourth-order valence-electron chi connectivity index (χ4n) is 3.82. The summed E-state index contributed by atoms with van der Waals surface area (Å²) in [5, 5.41) is 19.9. The number of amides is 1. The molecule has 1 unspecified atom stereocenters. The molecule has 0 spiro atoms. The second kappa shape index (κ2) is 7.47. The average molecular weight is 393 g/mol. The summed E-state index contributed by atoms with van der Waals surface area (Å²) in [6.07, 6.45) is -2.16. The number of halogens is 3. The number of aliphatic hydroxyl groups is 1. The Bertz CT molecular complexity index is 881. The van der Waals surface area contributed by atoms with E-state index >= 15 is 0 Å². The number of anilines is 1. The Labute approximate surface area is 161 Å². The van der Waals surface area contributed by atoms with Gasteiger partial charge in [-0.3, -0.25) is 4.79 Å². The third-order valence-electron chi connectivity index (χ3n) is 5.28. The first-order valence-electron chi connectivity index (χ1n) is 9.20. The lowest BCUT2D eigenvalue weighted by atomic mass is 9.75. The summed E-state index contributed by atoms with van der Waals surface area (Å²) in [5.74, 6) is -1.37. The monoisotopic (exact) mass is 393 g/mol. The van der Waals surface area contributed by atoms with Gasteiger partial charge in [-0.05, 0) is 35.7 Å². The molecule has 2 aromatic carbocycles. The Kier molecular flexibility index (Phi) is 5.39. The number of phenolic OH excluding ortho intramolecular Hbond substituents is 1. The average Bonchev–Trinajstić information content (AvgIpc) is 2.90. The van der Waals surface area contributed by atoms with E-state index in [2.05, 4.69) is 0 Å². The van der Waals surface area contributed by atoms with Crippen molar-refractivity contribution in [2.24, 2.45) is 0 Å². The lowest BCUT2D eigenvalue weighted by molar-refractivity contribution is -0.139. The minimum absolute atomic E-state index is 0.00978. The minimum atomic E-state index is -4.78. The molecule has 150 valence electrons. The van der Waals surface area contributed by atoms with Crippen LogP contribution in [-0.2, 0) is 16.4 Å². The largest absolute Gasteiger partial charge is 0.507 e. The molecule has 0 radical (unpaired) electrons. The number of fused-ring (bicyclic) bond motifs is 1. The number of aliphatic hydroxyl groups excluding tert-OH is 1. The van der Waals surface area contributed by atoms with Crippen LogP contribution >= 0.6 is 0 Å². The van der Waals surface area contributed by atoms with Gasteiger partial charge in [0.25, 0.3) is 0 Å². The van der Waals surface area contributed by atoms with Crippen LogP contribution < -0.4 is 4.90 Å². The molecule has 1 amide bonds. The first kappa shape index (κ1) is 20.2. The van der Waals surface area contributed by atoms with Gasteiger partial charge in [0.15, 0.2) is 0 Å². The number of carbonyl (C=O) groups is 1. The van der Waals surface area contributed by atoms with Gasteiger partial charge in [0.2, 0.25) is 5.91 Å². The van der Waals surface area contributed by atoms with Crippen molar-refractivity contribution in [3.05, 3.63) is 59.2 Å². The summed E-state index contributed by atoms with van der Waals surface area (Å²) in [5.41, 5.74) is -1.78. The lowest BCUT2D eigenvalue weighted by Crippen LogP contribution is -2.44. The maximum atomic E-state index is 13.4. The van der Waals surface area contributed by atoms with Gasteiger partial charge < -0.3 is 15.1 Å². The molecular formula is C21H22F3NO3. The van der Waals surface area contributed by atoms with E-state index in [1.165, 1.54) is 6.07 Å². The van der Waals surface area contributed by atoms with Crippen LogP contribution in [0, 0.1) is 0 Å². The van der Waals surface area contributed by atoms with Crippen molar-refractivity contribution < 1.29 is 28.2 Å². The minimum Gasteiger partial charge on any atom is -0.507 e. The van der Waals surface area contributed by atoms with Crippen molar-refractivity contribution in [1.82, 2.24) is 0 Å². The quantitative estimate of drug-likeness (QED) is 0.723. The highest BCUT2D eigenvalue weighted by Crippen LogP contribution is 2.48.